The van der Waals surface area contributed by atoms with Gasteiger partial charge in [0.05, 0.1) is 6.54 Å². The fourth-order valence-electron chi connectivity index (χ4n) is 3.31. The summed E-state index contributed by atoms with van der Waals surface area (Å²) < 4.78 is 0. The Morgan fingerprint density at radius 2 is 1.74 bits per heavy atom. The molecule has 23 heavy (non-hydrogen) atoms. The number of nitrogens with zero attached hydrogens (tertiary/aromatic N) is 3. The maximum absolute atomic E-state index is 12.6. The van der Waals surface area contributed by atoms with Crippen molar-refractivity contribution in [2.24, 2.45) is 5.73 Å². The lowest BCUT2D eigenvalue weighted by molar-refractivity contribution is -0.132. The standard InChI is InChI=1S/C17H24N4O2/c18-7-5-16(22)20-11-9-19(10-12-20)13-17(23)21-8-6-14-3-1-2-4-15(14)21/h1-4H,5-13,18H2. The zero-order valence-electron chi connectivity index (χ0n) is 13.4. The van der Waals surface area contributed by atoms with Crippen LogP contribution in [0.4, 0.5) is 5.69 Å². The number of hydrogen-bond donors (Lipinski definition) is 1. The first-order valence-corrected chi connectivity index (χ1v) is 8.27. The fourth-order valence-corrected chi connectivity index (χ4v) is 3.31. The minimum atomic E-state index is 0.118. The molecule has 1 saturated heterocycles. The molecule has 0 saturated carbocycles. The van der Waals surface area contributed by atoms with Gasteiger partial charge >= 0.3 is 0 Å². The molecular formula is C17H24N4O2. The van der Waals surface area contributed by atoms with E-state index in [0.717, 1.165) is 31.7 Å². The van der Waals surface area contributed by atoms with E-state index in [2.05, 4.69) is 11.0 Å². The summed E-state index contributed by atoms with van der Waals surface area (Å²) in [6, 6.07) is 8.10. The van der Waals surface area contributed by atoms with Crippen LogP contribution in [0.3, 0.4) is 0 Å². The van der Waals surface area contributed by atoms with Crippen molar-refractivity contribution in [2.45, 2.75) is 12.8 Å². The van der Waals surface area contributed by atoms with Crippen molar-refractivity contribution < 1.29 is 9.59 Å². The molecule has 2 aliphatic heterocycles. The van der Waals surface area contributed by atoms with Gasteiger partial charge < -0.3 is 15.5 Å². The van der Waals surface area contributed by atoms with Gasteiger partial charge in [0, 0.05) is 51.4 Å². The number of carbonyl (C=O) groups is 2. The number of rotatable bonds is 4. The Kier molecular flexibility index (Phi) is 4.93. The van der Waals surface area contributed by atoms with Gasteiger partial charge in [-0.15, -0.1) is 0 Å². The van der Waals surface area contributed by atoms with Gasteiger partial charge in [0.15, 0.2) is 0 Å². The molecule has 6 nitrogen and oxygen atoms in total. The quantitative estimate of drug-likeness (QED) is 0.853. The molecule has 1 fully saturated rings. The lowest BCUT2D eigenvalue weighted by atomic mass is 10.2. The van der Waals surface area contributed by atoms with Crippen molar-refractivity contribution in [3.05, 3.63) is 29.8 Å². The third kappa shape index (κ3) is 3.54. The summed E-state index contributed by atoms with van der Waals surface area (Å²) in [5, 5.41) is 0. The van der Waals surface area contributed by atoms with E-state index in [1.165, 1.54) is 5.56 Å². The zero-order chi connectivity index (χ0) is 16.2. The van der Waals surface area contributed by atoms with E-state index in [-0.39, 0.29) is 11.8 Å². The molecule has 124 valence electrons. The van der Waals surface area contributed by atoms with Crippen LogP contribution in [-0.4, -0.2) is 67.4 Å². The highest BCUT2D eigenvalue weighted by Crippen LogP contribution is 2.27. The second-order valence-corrected chi connectivity index (χ2v) is 6.12. The van der Waals surface area contributed by atoms with Gasteiger partial charge in [-0.25, -0.2) is 0 Å². The Morgan fingerprint density at radius 1 is 1.00 bits per heavy atom. The maximum atomic E-state index is 12.6. The predicted octanol–water partition coefficient (Wildman–Crippen LogP) is 0.0687. The largest absolute Gasteiger partial charge is 0.340 e. The molecule has 1 aromatic carbocycles. The monoisotopic (exact) mass is 316 g/mol. The van der Waals surface area contributed by atoms with Crippen LogP contribution in [0.1, 0.15) is 12.0 Å². The highest BCUT2D eigenvalue weighted by Gasteiger charge is 2.27. The molecule has 1 aromatic rings. The number of fused-ring (bicyclic) bond motifs is 1. The van der Waals surface area contributed by atoms with Crippen LogP contribution in [0.2, 0.25) is 0 Å². The van der Waals surface area contributed by atoms with Crippen LogP contribution >= 0.6 is 0 Å². The number of para-hydroxylation sites is 1. The Hall–Kier alpha value is -1.92. The number of benzene rings is 1. The number of nitrogens with two attached hydrogens (primary N) is 1. The van der Waals surface area contributed by atoms with E-state index < -0.39 is 0 Å². The fraction of sp³-hybridized carbons (Fsp3) is 0.529. The van der Waals surface area contributed by atoms with E-state index in [9.17, 15) is 9.59 Å². The molecule has 0 unspecified atom stereocenters. The van der Waals surface area contributed by atoms with Crippen molar-refractivity contribution in [3.63, 3.8) is 0 Å². The molecule has 0 atom stereocenters. The van der Waals surface area contributed by atoms with Crippen LogP contribution < -0.4 is 10.6 Å². The molecule has 2 aliphatic rings. The lowest BCUT2D eigenvalue weighted by Gasteiger charge is -2.35. The summed E-state index contributed by atoms with van der Waals surface area (Å²) in [6.45, 7) is 4.45. The summed E-state index contributed by atoms with van der Waals surface area (Å²) in [5.41, 5.74) is 7.73. The average molecular weight is 316 g/mol. The van der Waals surface area contributed by atoms with Crippen molar-refractivity contribution in [1.82, 2.24) is 9.80 Å². The van der Waals surface area contributed by atoms with E-state index >= 15 is 0 Å². The predicted molar refractivity (Wildman–Crippen MR) is 89.2 cm³/mol. The Labute approximate surface area is 136 Å². The first-order valence-electron chi connectivity index (χ1n) is 8.27. The number of amides is 2. The molecule has 6 heteroatoms. The molecule has 0 bridgehead atoms. The van der Waals surface area contributed by atoms with Crippen molar-refractivity contribution >= 4 is 17.5 Å². The molecule has 0 aromatic heterocycles. The van der Waals surface area contributed by atoms with Crippen molar-refractivity contribution in [2.75, 3.05) is 50.7 Å². The first-order chi connectivity index (χ1) is 11.2. The number of anilines is 1. The summed E-state index contributed by atoms with van der Waals surface area (Å²) in [5.74, 6) is 0.267. The second-order valence-electron chi connectivity index (χ2n) is 6.12. The minimum absolute atomic E-state index is 0.118. The number of carbonyl (C=O) groups excluding carboxylic acids is 2. The van der Waals surface area contributed by atoms with Crippen LogP contribution in [0.15, 0.2) is 24.3 Å². The second kappa shape index (κ2) is 7.10. The smallest absolute Gasteiger partial charge is 0.241 e. The van der Waals surface area contributed by atoms with E-state index in [1.807, 2.05) is 28.0 Å². The normalized spacial score (nSPS) is 18.1. The molecule has 2 N–H and O–H groups in total. The third-order valence-corrected chi connectivity index (χ3v) is 4.63. The molecule has 0 radical (unpaired) electrons. The maximum Gasteiger partial charge on any atom is 0.241 e. The highest BCUT2D eigenvalue weighted by molar-refractivity contribution is 5.96. The van der Waals surface area contributed by atoms with Crippen LogP contribution in [-0.2, 0) is 16.0 Å². The zero-order valence-corrected chi connectivity index (χ0v) is 13.4. The average Bonchev–Trinajstić information content (AvgIpc) is 3.00. The molecule has 0 aliphatic carbocycles. The SMILES string of the molecule is NCCC(=O)N1CCN(CC(=O)N2CCc3ccccc32)CC1. The minimum Gasteiger partial charge on any atom is -0.340 e. The van der Waals surface area contributed by atoms with Gasteiger partial charge in [-0.1, -0.05) is 18.2 Å². The summed E-state index contributed by atoms with van der Waals surface area (Å²) in [4.78, 5) is 30.3. The number of hydrogen-bond acceptors (Lipinski definition) is 4. The Morgan fingerprint density at radius 3 is 2.48 bits per heavy atom. The van der Waals surface area contributed by atoms with Gasteiger partial charge in [0.25, 0.3) is 0 Å². The van der Waals surface area contributed by atoms with Crippen LogP contribution in [0, 0.1) is 0 Å². The summed E-state index contributed by atoms with van der Waals surface area (Å²) in [7, 11) is 0. The molecule has 3 rings (SSSR count). The highest BCUT2D eigenvalue weighted by atomic mass is 16.2. The number of piperazine rings is 1. The topological polar surface area (TPSA) is 69.9 Å². The molecule has 0 spiro atoms. The summed E-state index contributed by atoms with van der Waals surface area (Å²) >= 11 is 0. The van der Waals surface area contributed by atoms with Crippen LogP contribution in [0.5, 0.6) is 0 Å². The first kappa shape index (κ1) is 16.0. The summed E-state index contributed by atoms with van der Waals surface area (Å²) in [6.07, 6.45) is 1.34. The Bertz CT molecular complexity index is 582. The van der Waals surface area contributed by atoms with Crippen LogP contribution in [0.25, 0.3) is 0 Å². The van der Waals surface area contributed by atoms with E-state index in [0.29, 0.717) is 32.6 Å². The molecular weight excluding hydrogens is 292 g/mol. The van der Waals surface area contributed by atoms with Gasteiger partial charge in [-0.2, -0.15) is 0 Å². The Balaban J connectivity index is 1.52. The van der Waals surface area contributed by atoms with Gasteiger partial charge in [0.2, 0.25) is 11.8 Å². The van der Waals surface area contributed by atoms with Gasteiger partial charge in [0.1, 0.15) is 0 Å². The van der Waals surface area contributed by atoms with E-state index in [1.54, 1.807) is 0 Å². The van der Waals surface area contributed by atoms with Gasteiger partial charge in [-0.05, 0) is 18.1 Å². The lowest BCUT2D eigenvalue weighted by Crippen LogP contribution is -2.51. The molecule has 2 amide bonds. The van der Waals surface area contributed by atoms with Crippen molar-refractivity contribution in [1.29, 1.82) is 0 Å². The third-order valence-electron chi connectivity index (χ3n) is 4.63. The van der Waals surface area contributed by atoms with Crippen molar-refractivity contribution in [3.8, 4) is 0 Å². The van der Waals surface area contributed by atoms with E-state index in [4.69, 9.17) is 5.73 Å². The molecule has 2 heterocycles. The van der Waals surface area contributed by atoms with Gasteiger partial charge in [-0.3, -0.25) is 14.5 Å².